The first-order valence-corrected chi connectivity index (χ1v) is 8.99. The number of nitrogens with two attached hydrogens (primary N) is 1. The zero-order valence-corrected chi connectivity index (χ0v) is 15.9. The molecule has 3 rings (SSSR count). The van der Waals surface area contributed by atoms with Crippen LogP contribution in [0.25, 0.3) is 5.69 Å². The van der Waals surface area contributed by atoms with E-state index in [4.69, 9.17) is 5.73 Å². The maximum atomic E-state index is 12.4. The van der Waals surface area contributed by atoms with Gasteiger partial charge in [0.2, 0.25) is 5.91 Å². The van der Waals surface area contributed by atoms with Crippen LogP contribution < -0.4 is 16.4 Å². The summed E-state index contributed by atoms with van der Waals surface area (Å²) in [4.78, 5) is 34.9. The first kappa shape index (κ1) is 19.8. The van der Waals surface area contributed by atoms with Crippen molar-refractivity contribution in [1.29, 1.82) is 0 Å². The van der Waals surface area contributed by atoms with Crippen LogP contribution in [0.1, 0.15) is 32.0 Å². The van der Waals surface area contributed by atoms with Gasteiger partial charge in [0.1, 0.15) is 0 Å². The van der Waals surface area contributed by atoms with Crippen LogP contribution >= 0.6 is 0 Å². The van der Waals surface area contributed by atoms with Crippen LogP contribution in [-0.4, -0.2) is 34.0 Å². The molecule has 0 saturated heterocycles. The molecule has 0 unspecified atom stereocenters. The van der Waals surface area contributed by atoms with Crippen molar-refractivity contribution in [1.82, 2.24) is 20.4 Å². The summed E-state index contributed by atoms with van der Waals surface area (Å²) < 4.78 is 1.79. The number of carbonyl (C=O) groups excluding carboxylic acids is 3. The Morgan fingerprint density at radius 3 is 2.03 bits per heavy atom. The highest BCUT2D eigenvalue weighted by atomic mass is 16.2. The van der Waals surface area contributed by atoms with Crippen molar-refractivity contribution < 1.29 is 14.4 Å². The Hall–Kier alpha value is -3.94. The van der Waals surface area contributed by atoms with Crippen LogP contribution in [0.3, 0.4) is 0 Å². The van der Waals surface area contributed by atoms with Crippen LogP contribution in [0.15, 0.2) is 60.8 Å². The van der Waals surface area contributed by atoms with E-state index in [1.165, 1.54) is 0 Å². The molecule has 0 spiro atoms. The molecule has 0 bridgehead atoms. The highest BCUT2D eigenvalue weighted by Gasteiger charge is 2.09. The number of rotatable bonds is 7. The van der Waals surface area contributed by atoms with Crippen LogP contribution in [0, 0.1) is 6.92 Å². The summed E-state index contributed by atoms with van der Waals surface area (Å²) in [6.45, 7) is 2.07. The molecule has 0 saturated carbocycles. The standard InChI is InChI=1S/C21H21N5O3/c1-14-10-11-25-26(14)18-8-6-17(7-9-18)20(28)23-12-15-2-4-16(5-3-15)21(29)24-13-19(22)27/h2-11H,12-13H2,1H3,(H2,22,27)(H,23,28)(H,24,29). The number of aromatic nitrogens is 2. The number of benzene rings is 2. The second-order valence-corrected chi connectivity index (χ2v) is 6.46. The lowest BCUT2D eigenvalue weighted by Crippen LogP contribution is -2.33. The van der Waals surface area contributed by atoms with Gasteiger partial charge in [-0.25, -0.2) is 4.68 Å². The van der Waals surface area contributed by atoms with Gasteiger partial charge in [-0.2, -0.15) is 5.10 Å². The SMILES string of the molecule is Cc1ccnn1-c1ccc(C(=O)NCc2ccc(C(=O)NCC(N)=O)cc2)cc1. The van der Waals surface area contributed by atoms with Gasteiger partial charge in [0.25, 0.3) is 11.8 Å². The summed E-state index contributed by atoms with van der Waals surface area (Å²) >= 11 is 0. The normalized spacial score (nSPS) is 10.4. The smallest absolute Gasteiger partial charge is 0.251 e. The van der Waals surface area contributed by atoms with Crippen LogP contribution in [0.2, 0.25) is 0 Å². The minimum absolute atomic E-state index is 0.197. The average Bonchev–Trinajstić information content (AvgIpc) is 3.16. The first-order valence-electron chi connectivity index (χ1n) is 8.99. The van der Waals surface area contributed by atoms with Crippen molar-refractivity contribution >= 4 is 17.7 Å². The third-order valence-corrected chi connectivity index (χ3v) is 4.30. The highest BCUT2D eigenvalue weighted by molar-refractivity contribution is 5.96. The molecule has 0 aliphatic heterocycles. The van der Waals surface area contributed by atoms with E-state index in [0.717, 1.165) is 16.9 Å². The molecule has 0 fully saturated rings. The van der Waals surface area contributed by atoms with Gasteiger partial charge in [0.15, 0.2) is 0 Å². The molecular formula is C21H21N5O3. The number of nitrogens with zero attached hydrogens (tertiary/aromatic N) is 2. The summed E-state index contributed by atoms with van der Waals surface area (Å²) in [5, 5.41) is 9.51. The number of aryl methyl sites for hydroxylation is 1. The van der Waals surface area contributed by atoms with Gasteiger partial charge in [-0.15, -0.1) is 0 Å². The van der Waals surface area contributed by atoms with Gasteiger partial charge in [0, 0.05) is 29.6 Å². The van der Waals surface area contributed by atoms with Crippen molar-refractivity contribution in [3.05, 3.63) is 83.2 Å². The Morgan fingerprint density at radius 2 is 1.48 bits per heavy atom. The summed E-state index contributed by atoms with van der Waals surface area (Å²) in [5.41, 5.74) is 8.68. The number of carbonyl (C=O) groups is 3. The van der Waals surface area contributed by atoms with Crippen molar-refractivity contribution in [3.8, 4) is 5.69 Å². The van der Waals surface area contributed by atoms with Crippen LogP contribution in [-0.2, 0) is 11.3 Å². The summed E-state index contributed by atoms with van der Waals surface area (Å²) in [6, 6.07) is 15.8. The molecule has 0 aliphatic carbocycles. The fourth-order valence-corrected chi connectivity index (χ4v) is 2.72. The number of nitrogens with one attached hydrogen (secondary N) is 2. The van der Waals surface area contributed by atoms with E-state index >= 15 is 0 Å². The molecule has 148 valence electrons. The predicted molar refractivity (Wildman–Crippen MR) is 107 cm³/mol. The second kappa shape index (κ2) is 8.83. The van der Waals surface area contributed by atoms with Gasteiger partial charge in [-0.1, -0.05) is 12.1 Å². The Kier molecular flexibility index (Phi) is 6.03. The molecule has 0 atom stereocenters. The fourth-order valence-electron chi connectivity index (χ4n) is 2.72. The second-order valence-electron chi connectivity index (χ2n) is 6.46. The molecule has 3 aromatic rings. The lowest BCUT2D eigenvalue weighted by Gasteiger charge is -2.08. The molecule has 29 heavy (non-hydrogen) atoms. The third-order valence-electron chi connectivity index (χ3n) is 4.30. The zero-order chi connectivity index (χ0) is 20.8. The van der Waals surface area contributed by atoms with Crippen molar-refractivity contribution in [3.63, 3.8) is 0 Å². The molecule has 2 aromatic carbocycles. The number of hydrogen-bond acceptors (Lipinski definition) is 4. The molecule has 0 radical (unpaired) electrons. The molecule has 8 nitrogen and oxygen atoms in total. The molecule has 1 aromatic heterocycles. The van der Waals surface area contributed by atoms with Gasteiger partial charge < -0.3 is 16.4 Å². The largest absolute Gasteiger partial charge is 0.368 e. The lowest BCUT2D eigenvalue weighted by atomic mass is 10.1. The Balaban J connectivity index is 1.56. The number of primary amides is 1. The minimum Gasteiger partial charge on any atom is -0.368 e. The van der Waals surface area contributed by atoms with E-state index in [1.807, 2.05) is 25.1 Å². The Morgan fingerprint density at radius 1 is 0.897 bits per heavy atom. The predicted octanol–water partition coefficient (Wildman–Crippen LogP) is 1.33. The summed E-state index contributed by atoms with van der Waals surface area (Å²) in [6.07, 6.45) is 1.72. The van der Waals surface area contributed by atoms with Crippen molar-refractivity contribution in [2.24, 2.45) is 5.73 Å². The maximum absolute atomic E-state index is 12.4. The maximum Gasteiger partial charge on any atom is 0.251 e. The number of amides is 3. The van der Waals surface area contributed by atoms with E-state index < -0.39 is 5.91 Å². The molecule has 0 aliphatic rings. The topological polar surface area (TPSA) is 119 Å². The highest BCUT2D eigenvalue weighted by Crippen LogP contribution is 2.12. The summed E-state index contributed by atoms with van der Waals surface area (Å²) in [7, 11) is 0. The van der Waals surface area contributed by atoms with E-state index in [0.29, 0.717) is 17.7 Å². The molecule has 3 amide bonds. The molecular weight excluding hydrogens is 370 g/mol. The molecule has 8 heteroatoms. The van der Waals surface area contributed by atoms with E-state index in [2.05, 4.69) is 15.7 Å². The first-order chi connectivity index (χ1) is 13.9. The van der Waals surface area contributed by atoms with Crippen LogP contribution in [0.4, 0.5) is 0 Å². The van der Waals surface area contributed by atoms with Crippen molar-refractivity contribution in [2.45, 2.75) is 13.5 Å². The Labute approximate surface area is 167 Å². The van der Waals surface area contributed by atoms with E-state index in [1.54, 1.807) is 47.3 Å². The quantitative estimate of drug-likeness (QED) is 0.563. The third kappa shape index (κ3) is 5.07. The lowest BCUT2D eigenvalue weighted by molar-refractivity contribution is -0.117. The molecule has 1 heterocycles. The van der Waals surface area contributed by atoms with E-state index in [9.17, 15) is 14.4 Å². The van der Waals surface area contributed by atoms with Crippen molar-refractivity contribution in [2.75, 3.05) is 6.54 Å². The van der Waals surface area contributed by atoms with Gasteiger partial charge >= 0.3 is 0 Å². The van der Waals surface area contributed by atoms with Gasteiger partial charge in [0.05, 0.1) is 12.2 Å². The fraction of sp³-hybridized carbons (Fsp3) is 0.143. The molecule has 4 N–H and O–H groups in total. The Bertz CT molecular complexity index is 1020. The van der Waals surface area contributed by atoms with Gasteiger partial charge in [-0.3, -0.25) is 14.4 Å². The zero-order valence-electron chi connectivity index (χ0n) is 15.9. The minimum atomic E-state index is -0.606. The number of hydrogen-bond donors (Lipinski definition) is 3. The average molecular weight is 391 g/mol. The summed E-state index contributed by atoms with van der Waals surface area (Å²) in [5.74, 6) is -1.19. The van der Waals surface area contributed by atoms with Crippen LogP contribution in [0.5, 0.6) is 0 Å². The van der Waals surface area contributed by atoms with E-state index in [-0.39, 0.29) is 18.4 Å². The monoisotopic (exact) mass is 391 g/mol. The van der Waals surface area contributed by atoms with Gasteiger partial charge in [-0.05, 0) is 55.0 Å².